The maximum atomic E-state index is 5.56. The fourth-order valence-electron chi connectivity index (χ4n) is 3.35. The smallest absolute Gasteiger partial charge is 0.127 e. The van der Waals surface area contributed by atoms with Crippen molar-refractivity contribution >= 4 is 5.84 Å². The summed E-state index contributed by atoms with van der Waals surface area (Å²) in [6, 6.07) is 0. The predicted molar refractivity (Wildman–Crippen MR) is 110 cm³/mol. The molecule has 0 unspecified atom stereocenters. The highest BCUT2D eigenvalue weighted by Gasteiger charge is 2.15. The lowest BCUT2D eigenvalue weighted by Gasteiger charge is -2.17. The van der Waals surface area contributed by atoms with Crippen LogP contribution >= 0.6 is 0 Å². The second-order valence-corrected chi connectivity index (χ2v) is 7.17. The van der Waals surface area contributed by atoms with Crippen LogP contribution in [0.15, 0.2) is 17.1 Å². The number of aliphatic imine (C=N–C) groups is 1. The van der Waals surface area contributed by atoms with E-state index >= 15 is 0 Å². The minimum atomic E-state index is 0.724. The summed E-state index contributed by atoms with van der Waals surface area (Å²) in [4.78, 5) is 10.1. The van der Waals surface area contributed by atoms with Crippen molar-refractivity contribution in [3.8, 4) is 0 Å². The van der Waals surface area contributed by atoms with Crippen LogP contribution in [0, 0.1) is 0 Å². The van der Waals surface area contributed by atoms with Crippen molar-refractivity contribution in [3.63, 3.8) is 0 Å². The summed E-state index contributed by atoms with van der Waals surface area (Å²) < 4.78 is 0. The molecule has 0 fully saturated rings. The maximum Gasteiger partial charge on any atom is 0.127 e. The Morgan fingerprint density at radius 2 is 1.44 bits per heavy atom. The van der Waals surface area contributed by atoms with Crippen LogP contribution in [-0.4, -0.2) is 30.6 Å². The van der Waals surface area contributed by atoms with Crippen molar-refractivity contribution in [1.29, 1.82) is 0 Å². The van der Waals surface area contributed by atoms with E-state index in [0.717, 1.165) is 32.0 Å². The Morgan fingerprint density at radius 1 is 0.840 bits per heavy atom. The Kier molecular flexibility index (Phi) is 14.8. The van der Waals surface area contributed by atoms with E-state index in [2.05, 4.69) is 24.1 Å². The number of unbranched alkanes of at least 4 members (excludes halogenated alkanes) is 12. The van der Waals surface area contributed by atoms with Crippen LogP contribution in [0.25, 0.3) is 0 Å². The third kappa shape index (κ3) is 12.2. The second kappa shape index (κ2) is 16.6. The summed E-state index contributed by atoms with van der Waals surface area (Å²) in [5.41, 5.74) is 0. The second-order valence-electron chi connectivity index (χ2n) is 7.17. The first-order valence-electron chi connectivity index (χ1n) is 11.0. The number of rotatable bonds is 17. The molecule has 0 spiro atoms. The van der Waals surface area contributed by atoms with Crippen LogP contribution < -0.4 is 0 Å². The van der Waals surface area contributed by atoms with Gasteiger partial charge in [0.05, 0.1) is 19.7 Å². The lowest BCUT2D eigenvalue weighted by atomic mass is 10.0. The molecule has 1 aliphatic heterocycles. The van der Waals surface area contributed by atoms with E-state index in [1.54, 1.807) is 0 Å². The minimum Gasteiger partial charge on any atom is -0.273 e. The standard InChI is InChI=1S/C22H42N2O/c1-3-5-6-7-8-9-10-11-12-13-14-15-16-17-18-19-22-23-20-21-24(22)25-4-2/h17-18H,3-16,19-21H2,1-2H3. The average molecular weight is 351 g/mol. The Labute approximate surface area is 156 Å². The van der Waals surface area contributed by atoms with Gasteiger partial charge in [-0.05, 0) is 19.8 Å². The van der Waals surface area contributed by atoms with Crippen LogP contribution in [0.3, 0.4) is 0 Å². The van der Waals surface area contributed by atoms with E-state index in [1.807, 2.05) is 12.0 Å². The van der Waals surface area contributed by atoms with Gasteiger partial charge >= 0.3 is 0 Å². The zero-order valence-electron chi connectivity index (χ0n) is 17.0. The van der Waals surface area contributed by atoms with E-state index in [1.165, 1.54) is 83.5 Å². The topological polar surface area (TPSA) is 24.8 Å². The van der Waals surface area contributed by atoms with E-state index in [9.17, 15) is 0 Å². The maximum absolute atomic E-state index is 5.56. The minimum absolute atomic E-state index is 0.724. The van der Waals surface area contributed by atoms with Crippen LogP contribution in [0.4, 0.5) is 0 Å². The predicted octanol–water partition coefficient (Wildman–Crippen LogP) is 6.69. The Balaban J connectivity index is 1.82. The zero-order valence-corrected chi connectivity index (χ0v) is 17.0. The molecule has 146 valence electrons. The first kappa shape index (κ1) is 22.2. The van der Waals surface area contributed by atoms with Gasteiger partial charge in [0.1, 0.15) is 5.84 Å². The third-order valence-corrected chi connectivity index (χ3v) is 4.86. The van der Waals surface area contributed by atoms with Crippen LogP contribution in [-0.2, 0) is 4.84 Å². The van der Waals surface area contributed by atoms with Gasteiger partial charge < -0.3 is 0 Å². The number of amidine groups is 1. The summed E-state index contributed by atoms with van der Waals surface area (Å²) in [7, 11) is 0. The van der Waals surface area contributed by atoms with Crippen molar-refractivity contribution in [2.45, 2.75) is 104 Å². The molecule has 3 heteroatoms. The Hall–Kier alpha value is -0.830. The van der Waals surface area contributed by atoms with Crippen LogP contribution in [0.1, 0.15) is 104 Å². The Bertz CT molecular complexity index is 352. The van der Waals surface area contributed by atoms with Crippen molar-refractivity contribution < 1.29 is 4.84 Å². The number of hydrogen-bond donors (Lipinski definition) is 0. The molecule has 0 atom stereocenters. The van der Waals surface area contributed by atoms with Gasteiger partial charge in [0.15, 0.2) is 0 Å². The lowest BCUT2D eigenvalue weighted by molar-refractivity contribution is -0.0858. The van der Waals surface area contributed by atoms with Crippen molar-refractivity contribution in [3.05, 3.63) is 12.2 Å². The third-order valence-electron chi connectivity index (χ3n) is 4.86. The quantitative estimate of drug-likeness (QED) is 0.216. The molecule has 0 radical (unpaired) electrons. The number of allylic oxidation sites excluding steroid dienone is 1. The largest absolute Gasteiger partial charge is 0.273 e. The molecule has 0 aliphatic carbocycles. The van der Waals surface area contributed by atoms with Crippen molar-refractivity contribution in [2.75, 3.05) is 19.7 Å². The molecule has 3 nitrogen and oxygen atoms in total. The van der Waals surface area contributed by atoms with Gasteiger partial charge in [-0.2, -0.15) is 0 Å². The van der Waals surface area contributed by atoms with Crippen molar-refractivity contribution in [1.82, 2.24) is 5.06 Å². The van der Waals surface area contributed by atoms with E-state index in [-0.39, 0.29) is 0 Å². The Morgan fingerprint density at radius 3 is 2.04 bits per heavy atom. The fraction of sp³-hybridized carbons (Fsp3) is 0.864. The van der Waals surface area contributed by atoms with Crippen LogP contribution in [0.5, 0.6) is 0 Å². The monoisotopic (exact) mass is 350 g/mol. The van der Waals surface area contributed by atoms with Gasteiger partial charge in [-0.3, -0.25) is 9.83 Å². The molecule has 0 saturated carbocycles. The van der Waals surface area contributed by atoms with E-state index in [0.29, 0.717) is 0 Å². The van der Waals surface area contributed by atoms with Gasteiger partial charge in [-0.25, -0.2) is 5.06 Å². The van der Waals surface area contributed by atoms with Crippen molar-refractivity contribution in [2.24, 2.45) is 4.99 Å². The molecule has 0 aromatic carbocycles. The first-order chi connectivity index (χ1) is 12.4. The summed E-state index contributed by atoms with van der Waals surface area (Å²) in [6.07, 6.45) is 23.7. The number of hydrogen-bond acceptors (Lipinski definition) is 3. The molecule has 1 rings (SSSR count). The molecular formula is C22H42N2O. The highest BCUT2D eigenvalue weighted by Crippen LogP contribution is 2.13. The molecule has 0 aromatic heterocycles. The van der Waals surface area contributed by atoms with E-state index in [4.69, 9.17) is 4.84 Å². The van der Waals surface area contributed by atoms with Crippen LogP contribution in [0.2, 0.25) is 0 Å². The van der Waals surface area contributed by atoms with Gasteiger partial charge in [-0.1, -0.05) is 89.7 Å². The molecule has 0 N–H and O–H groups in total. The molecule has 1 aliphatic rings. The highest BCUT2D eigenvalue weighted by molar-refractivity contribution is 5.84. The van der Waals surface area contributed by atoms with Gasteiger partial charge in [0.2, 0.25) is 0 Å². The zero-order chi connectivity index (χ0) is 18.0. The molecule has 1 heterocycles. The van der Waals surface area contributed by atoms with E-state index < -0.39 is 0 Å². The molecule has 0 bridgehead atoms. The normalized spacial score (nSPS) is 14.6. The average Bonchev–Trinajstić information content (AvgIpc) is 3.06. The van der Waals surface area contributed by atoms with Gasteiger partial charge in [-0.15, -0.1) is 0 Å². The molecule has 0 amide bonds. The molecule has 0 aromatic rings. The number of hydroxylamine groups is 2. The molecule has 0 saturated heterocycles. The first-order valence-corrected chi connectivity index (χ1v) is 11.0. The fourth-order valence-corrected chi connectivity index (χ4v) is 3.35. The summed E-state index contributed by atoms with van der Waals surface area (Å²) in [5.74, 6) is 1.09. The van der Waals surface area contributed by atoms with Gasteiger partial charge in [0, 0.05) is 6.42 Å². The lowest BCUT2D eigenvalue weighted by Crippen LogP contribution is -2.27. The summed E-state index contributed by atoms with van der Waals surface area (Å²) >= 11 is 0. The summed E-state index contributed by atoms with van der Waals surface area (Å²) in [5, 5.41) is 1.95. The highest BCUT2D eigenvalue weighted by atomic mass is 16.7. The number of nitrogens with zero attached hydrogens (tertiary/aromatic N) is 2. The summed E-state index contributed by atoms with van der Waals surface area (Å²) in [6.45, 7) is 6.83. The van der Waals surface area contributed by atoms with Gasteiger partial charge in [0.25, 0.3) is 0 Å². The molecular weight excluding hydrogens is 308 g/mol. The molecule has 25 heavy (non-hydrogen) atoms. The SMILES string of the molecule is CCCCCCCCCCCCCCC=CCC1=NCCN1OCC.